The Hall–Kier alpha value is -1.56. The van der Waals surface area contributed by atoms with Crippen molar-refractivity contribution in [3.05, 3.63) is 51.3 Å². The van der Waals surface area contributed by atoms with Crippen molar-refractivity contribution in [2.24, 2.45) is 5.92 Å². The van der Waals surface area contributed by atoms with Gasteiger partial charge < -0.3 is 10.1 Å². The molecule has 2 aromatic rings. The van der Waals surface area contributed by atoms with Crippen molar-refractivity contribution < 1.29 is 9.53 Å². The average molecular weight is 368 g/mol. The number of carbonyl (C=O) groups is 1. The molecule has 1 unspecified atom stereocenters. The van der Waals surface area contributed by atoms with Gasteiger partial charge in [0.05, 0.1) is 24.4 Å². The van der Waals surface area contributed by atoms with Gasteiger partial charge in [-0.2, -0.15) is 5.10 Å². The first-order valence-corrected chi connectivity index (χ1v) is 8.64. The van der Waals surface area contributed by atoms with Crippen molar-refractivity contribution in [1.82, 2.24) is 15.1 Å². The number of ether oxygens (including phenoxy) is 1. The zero-order valence-corrected chi connectivity index (χ0v) is 14.9. The van der Waals surface area contributed by atoms with Gasteiger partial charge in [0.1, 0.15) is 5.15 Å². The van der Waals surface area contributed by atoms with E-state index in [4.69, 9.17) is 27.9 Å². The Labute approximate surface area is 150 Å². The molecule has 0 aliphatic carbocycles. The van der Waals surface area contributed by atoms with Crippen LogP contribution in [0, 0.1) is 12.8 Å². The number of hydrogen-bond acceptors (Lipinski definition) is 3. The molecule has 1 aliphatic rings. The summed E-state index contributed by atoms with van der Waals surface area (Å²) < 4.78 is 6.92. The highest BCUT2D eigenvalue weighted by Gasteiger charge is 2.22. The monoisotopic (exact) mass is 367 g/mol. The minimum absolute atomic E-state index is 0.199. The van der Waals surface area contributed by atoms with E-state index in [2.05, 4.69) is 10.4 Å². The molecule has 7 heteroatoms. The van der Waals surface area contributed by atoms with Crippen LogP contribution >= 0.6 is 23.2 Å². The van der Waals surface area contributed by atoms with Crippen molar-refractivity contribution in [3.63, 3.8) is 0 Å². The molecular weight excluding hydrogens is 349 g/mol. The van der Waals surface area contributed by atoms with Gasteiger partial charge in [0.25, 0.3) is 5.91 Å². The smallest absolute Gasteiger partial charge is 0.256 e. The van der Waals surface area contributed by atoms with Crippen LogP contribution in [0.2, 0.25) is 10.2 Å². The Balaban J connectivity index is 1.73. The molecule has 0 bridgehead atoms. The van der Waals surface area contributed by atoms with E-state index in [9.17, 15) is 4.79 Å². The highest BCUT2D eigenvalue weighted by atomic mass is 35.5. The predicted molar refractivity (Wildman–Crippen MR) is 93.8 cm³/mol. The van der Waals surface area contributed by atoms with E-state index in [0.717, 1.165) is 18.6 Å². The highest BCUT2D eigenvalue weighted by Crippen LogP contribution is 2.23. The summed E-state index contributed by atoms with van der Waals surface area (Å²) in [5.74, 6) is 0.168. The third-order valence-corrected chi connectivity index (χ3v) is 4.90. The van der Waals surface area contributed by atoms with Crippen LogP contribution in [0.15, 0.2) is 24.3 Å². The summed E-state index contributed by atoms with van der Waals surface area (Å²) in [6.45, 7) is 4.24. The number of aryl methyl sites for hydroxylation is 1. The average Bonchev–Trinajstić information content (AvgIpc) is 3.16. The van der Waals surface area contributed by atoms with Crippen molar-refractivity contribution in [2.75, 3.05) is 19.8 Å². The molecule has 1 saturated heterocycles. The molecule has 2 heterocycles. The predicted octanol–water partition coefficient (Wildman–Crippen LogP) is 3.31. The lowest BCUT2D eigenvalue weighted by Gasteiger charge is -2.09. The van der Waals surface area contributed by atoms with Crippen molar-refractivity contribution >= 4 is 29.1 Å². The summed E-state index contributed by atoms with van der Waals surface area (Å²) >= 11 is 12.6. The van der Waals surface area contributed by atoms with Gasteiger partial charge in [0, 0.05) is 24.1 Å². The zero-order chi connectivity index (χ0) is 17.1. The zero-order valence-electron chi connectivity index (χ0n) is 13.4. The van der Waals surface area contributed by atoms with Crippen molar-refractivity contribution in [1.29, 1.82) is 0 Å². The molecule has 0 saturated carbocycles. The summed E-state index contributed by atoms with van der Waals surface area (Å²) in [5.41, 5.74) is 1.92. The maximum Gasteiger partial charge on any atom is 0.256 e. The van der Waals surface area contributed by atoms with E-state index in [0.29, 0.717) is 47.0 Å². The van der Waals surface area contributed by atoms with E-state index in [-0.39, 0.29) is 5.91 Å². The van der Waals surface area contributed by atoms with Crippen molar-refractivity contribution in [3.8, 4) is 0 Å². The van der Waals surface area contributed by atoms with Gasteiger partial charge in [0.15, 0.2) is 0 Å². The quantitative estimate of drug-likeness (QED) is 0.881. The number of halogens is 2. The Morgan fingerprint density at radius 2 is 2.21 bits per heavy atom. The fraction of sp³-hybridized carbons (Fsp3) is 0.412. The molecule has 24 heavy (non-hydrogen) atoms. The van der Waals surface area contributed by atoms with Crippen molar-refractivity contribution in [2.45, 2.75) is 19.9 Å². The van der Waals surface area contributed by atoms with Crippen LogP contribution in [0.4, 0.5) is 0 Å². The second-order valence-corrected chi connectivity index (χ2v) is 6.71. The summed E-state index contributed by atoms with van der Waals surface area (Å²) in [5, 5.41) is 8.29. The maximum atomic E-state index is 12.5. The van der Waals surface area contributed by atoms with Crippen LogP contribution in [0.25, 0.3) is 0 Å². The number of hydrogen-bond donors (Lipinski definition) is 1. The molecule has 3 rings (SSSR count). The normalized spacial score (nSPS) is 17.2. The molecule has 128 valence electrons. The lowest BCUT2D eigenvalue weighted by Crippen LogP contribution is -2.30. The molecule has 1 aliphatic heterocycles. The van der Waals surface area contributed by atoms with Crippen LogP contribution in [-0.2, 0) is 11.3 Å². The number of amides is 1. The van der Waals surface area contributed by atoms with Gasteiger partial charge >= 0.3 is 0 Å². The molecule has 0 spiro atoms. The molecule has 1 fully saturated rings. The summed E-state index contributed by atoms with van der Waals surface area (Å²) in [6.07, 6.45) is 0.971. The molecule has 1 aromatic heterocycles. The summed E-state index contributed by atoms with van der Waals surface area (Å²) in [6, 6.07) is 7.50. The minimum atomic E-state index is -0.199. The Morgan fingerprint density at radius 3 is 2.92 bits per heavy atom. The molecule has 1 aromatic carbocycles. The van der Waals surface area contributed by atoms with Gasteiger partial charge in [-0.1, -0.05) is 41.4 Å². The Bertz CT molecular complexity index is 739. The standard InChI is InChI=1S/C17H19Cl2N3O2/c1-11-15(17(23)20-8-12-6-7-24-10-12)16(19)22(21-11)9-13-4-2-3-5-14(13)18/h2-5,12H,6-10H2,1H3,(H,20,23). The number of aromatic nitrogens is 2. The fourth-order valence-electron chi connectivity index (χ4n) is 2.77. The van der Waals surface area contributed by atoms with E-state index >= 15 is 0 Å². The largest absolute Gasteiger partial charge is 0.381 e. The summed E-state index contributed by atoms with van der Waals surface area (Å²) in [4.78, 5) is 12.5. The van der Waals surface area contributed by atoms with Gasteiger partial charge in [0.2, 0.25) is 0 Å². The summed E-state index contributed by atoms with van der Waals surface area (Å²) in [7, 11) is 0. The van der Waals surface area contributed by atoms with E-state index < -0.39 is 0 Å². The lowest BCUT2D eigenvalue weighted by atomic mass is 10.1. The second-order valence-electron chi connectivity index (χ2n) is 5.94. The second kappa shape index (κ2) is 7.55. The Morgan fingerprint density at radius 1 is 1.42 bits per heavy atom. The number of nitrogens with zero attached hydrogens (tertiary/aromatic N) is 2. The maximum absolute atomic E-state index is 12.5. The lowest BCUT2D eigenvalue weighted by molar-refractivity contribution is 0.0944. The van der Waals surface area contributed by atoms with Crippen LogP contribution < -0.4 is 5.32 Å². The molecular formula is C17H19Cl2N3O2. The molecule has 5 nitrogen and oxygen atoms in total. The number of benzene rings is 1. The first kappa shape index (κ1) is 17.3. The van der Waals surface area contributed by atoms with E-state index in [1.807, 2.05) is 24.3 Å². The van der Waals surface area contributed by atoms with Crippen LogP contribution in [0.3, 0.4) is 0 Å². The third kappa shape index (κ3) is 3.74. The van der Waals surface area contributed by atoms with E-state index in [1.54, 1.807) is 11.6 Å². The van der Waals surface area contributed by atoms with Gasteiger partial charge in [-0.05, 0) is 25.0 Å². The molecule has 1 amide bonds. The van der Waals surface area contributed by atoms with Crippen LogP contribution in [0.1, 0.15) is 28.0 Å². The Kier molecular flexibility index (Phi) is 5.43. The SMILES string of the molecule is Cc1nn(Cc2ccccc2Cl)c(Cl)c1C(=O)NCC1CCOC1. The molecule has 1 atom stereocenters. The van der Waals surface area contributed by atoms with Gasteiger partial charge in [-0.15, -0.1) is 0 Å². The first-order chi connectivity index (χ1) is 11.6. The topological polar surface area (TPSA) is 56.2 Å². The number of nitrogens with one attached hydrogen (secondary N) is 1. The third-order valence-electron chi connectivity index (χ3n) is 4.15. The molecule has 1 N–H and O–H groups in total. The van der Waals surface area contributed by atoms with Gasteiger partial charge in [-0.3, -0.25) is 4.79 Å². The fourth-order valence-corrected chi connectivity index (χ4v) is 3.29. The van der Waals surface area contributed by atoms with E-state index in [1.165, 1.54) is 0 Å². The first-order valence-electron chi connectivity index (χ1n) is 7.88. The van der Waals surface area contributed by atoms with Gasteiger partial charge in [-0.25, -0.2) is 4.68 Å². The van der Waals surface area contributed by atoms with Crippen LogP contribution in [0.5, 0.6) is 0 Å². The number of rotatable bonds is 5. The van der Waals surface area contributed by atoms with Crippen LogP contribution in [-0.4, -0.2) is 35.4 Å². The highest BCUT2D eigenvalue weighted by molar-refractivity contribution is 6.33. The number of carbonyl (C=O) groups excluding carboxylic acids is 1. The minimum Gasteiger partial charge on any atom is -0.381 e. The molecule has 0 radical (unpaired) electrons.